The smallest absolute Gasteiger partial charge is 0.335 e. The molecule has 0 aliphatic carbocycles. The molecule has 0 atom stereocenters. The van der Waals surface area contributed by atoms with Crippen LogP contribution in [0.15, 0.2) is 30.5 Å². The number of hydrogen-bond acceptors (Lipinski definition) is 4. The van der Waals surface area contributed by atoms with Gasteiger partial charge in [-0.1, -0.05) is 12.1 Å². The van der Waals surface area contributed by atoms with E-state index in [9.17, 15) is 22.8 Å². The molecule has 6 nitrogen and oxygen atoms in total. The van der Waals surface area contributed by atoms with Crippen LogP contribution in [0.25, 0.3) is 0 Å². The molecule has 2 radical (unpaired) electrons. The van der Waals surface area contributed by atoms with Crippen molar-refractivity contribution in [3.05, 3.63) is 47.3 Å². The summed E-state index contributed by atoms with van der Waals surface area (Å²) in [6.07, 6.45) is -2.87. The van der Waals surface area contributed by atoms with Crippen LogP contribution >= 0.6 is 0 Å². The molecule has 0 N–H and O–H groups in total. The van der Waals surface area contributed by atoms with Gasteiger partial charge >= 0.3 is 6.18 Å². The predicted molar refractivity (Wildman–Crippen MR) is 96.7 cm³/mol. The SMILES string of the molecule is [B]c1cn(C)nc1C(=O)N1CCN(CC(=O)c2ccc(C(F)(F)F)cc2)CC1. The third-order valence-electron chi connectivity index (χ3n) is 4.62. The Bertz CT molecular complexity index is 872. The number of alkyl halides is 3. The van der Waals surface area contributed by atoms with Crippen molar-refractivity contribution in [1.29, 1.82) is 0 Å². The number of ketones is 1. The standard InChI is InChI=1S/C18H18BF3N4O2/c1-24-10-14(19)16(23-24)17(28)26-8-6-25(7-9-26)11-15(27)12-2-4-13(5-3-12)18(20,21)22/h2-5,10H,6-9,11H2,1H3. The van der Waals surface area contributed by atoms with E-state index in [1.165, 1.54) is 16.8 Å². The van der Waals surface area contributed by atoms with Gasteiger partial charge in [0.1, 0.15) is 13.5 Å². The van der Waals surface area contributed by atoms with Gasteiger partial charge in [0.15, 0.2) is 5.78 Å². The molecule has 0 saturated carbocycles. The van der Waals surface area contributed by atoms with E-state index >= 15 is 0 Å². The van der Waals surface area contributed by atoms with Crippen LogP contribution in [0.1, 0.15) is 26.4 Å². The lowest BCUT2D eigenvalue weighted by Gasteiger charge is -2.34. The normalized spacial score (nSPS) is 15.6. The van der Waals surface area contributed by atoms with Crippen LogP contribution in [0.2, 0.25) is 0 Å². The Labute approximate surface area is 161 Å². The predicted octanol–water partition coefficient (Wildman–Crippen LogP) is 0.873. The fourth-order valence-corrected chi connectivity index (χ4v) is 3.07. The van der Waals surface area contributed by atoms with Gasteiger partial charge in [-0.3, -0.25) is 19.2 Å². The Kier molecular flexibility index (Phi) is 5.60. The van der Waals surface area contributed by atoms with Crippen LogP contribution in [0.3, 0.4) is 0 Å². The largest absolute Gasteiger partial charge is 0.416 e. The molecule has 10 heteroatoms. The molecular weight excluding hydrogens is 372 g/mol. The number of benzene rings is 1. The number of aryl methyl sites for hydroxylation is 1. The lowest BCUT2D eigenvalue weighted by molar-refractivity contribution is -0.137. The van der Waals surface area contributed by atoms with E-state index in [1.807, 2.05) is 4.90 Å². The van der Waals surface area contributed by atoms with Crippen LogP contribution in [-0.4, -0.2) is 71.8 Å². The number of hydrogen-bond donors (Lipinski definition) is 0. The average molecular weight is 390 g/mol. The first kappa shape index (κ1) is 20.1. The van der Waals surface area contributed by atoms with Crippen molar-refractivity contribution in [2.24, 2.45) is 7.05 Å². The van der Waals surface area contributed by atoms with E-state index in [0.29, 0.717) is 31.6 Å². The number of Topliss-reactive ketones (excluding diaryl/α,β-unsaturated/α-hetero) is 1. The summed E-state index contributed by atoms with van der Waals surface area (Å²) < 4.78 is 39.3. The van der Waals surface area contributed by atoms with Crippen molar-refractivity contribution in [1.82, 2.24) is 19.6 Å². The monoisotopic (exact) mass is 390 g/mol. The molecule has 2 aromatic rings. The molecule has 1 amide bonds. The quantitative estimate of drug-likeness (QED) is 0.575. The van der Waals surface area contributed by atoms with E-state index in [4.69, 9.17) is 7.85 Å². The number of halogens is 3. The van der Waals surface area contributed by atoms with Gasteiger partial charge in [-0.15, -0.1) is 0 Å². The molecule has 28 heavy (non-hydrogen) atoms. The van der Waals surface area contributed by atoms with Crippen molar-refractivity contribution in [2.45, 2.75) is 6.18 Å². The molecule has 1 saturated heterocycles. The van der Waals surface area contributed by atoms with Crippen molar-refractivity contribution in [2.75, 3.05) is 32.7 Å². The molecule has 0 spiro atoms. The highest BCUT2D eigenvalue weighted by molar-refractivity contribution is 6.36. The molecule has 146 valence electrons. The van der Waals surface area contributed by atoms with Gasteiger partial charge in [0.25, 0.3) is 5.91 Å². The molecule has 3 rings (SSSR count). The summed E-state index contributed by atoms with van der Waals surface area (Å²) in [6.45, 7) is 1.86. The van der Waals surface area contributed by atoms with Crippen LogP contribution in [0.4, 0.5) is 13.2 Å². The maximum Gasteiger partial charge on any atom is 0.416 e. The fraction of sp³-hybridized carbons (Fsp3) is 0.389. The highest BCUT2D eigenvalue weighted by Crippen LogP contribution is 2.29. The average Bonchev–Trinajstić information content (AvgIpc) is 2.99. The van der Waals surface area contributed by atoms with Gasteiger partial charge in [-0.2, -0.15) is 18.3 Å². The summed E-state index contributed by atoms with van der Waals surface area (Å²) in [5, 5.41) is 4.07. The molecule has 0 unspecified atom stereocenters. The Morgan fingerprint density at radius 3 is 2.21 bits per heavy atom. The summed E-state index contributed by atoms with van der Waals surface area (Å²) >= 11 is 0. The third kappa shape index (κ3) is 4.44. The molecule has 1 aliphatic rings. The second-order valence-corrected chi connectivity index (χ2v) is 6.67. The summed E-state index contributed by atoms with van der Waals surface area (Å²) in [7, 11) is 7.47. The van der Waals surface area contributed by atoms with Gasteiger partial charge in [0.05, 0.1) is 12.1 Å². The second-order valence-electron chi connectivity index (χ2n) is 6.67. The number of nitrogens with zero attached hydrogens (tertiary/aromatic N) is 4. The van der Waals surface area contributed by atoms with Crippen molar-refractivity contribution >= 4 is 25.0 Å². The maximum atomic E-state index is 12.6. The molecule has 1 aromatic heterocycles. The minimum Gasteiger partial charge on any atom is -0.335 e. The van der Waals surface area contributed by atoms with E-state index in [2.05, 4.69) is 5.10 Å². The molecule has 1 fully saturated rings. The van der Waals surface area contributed by atoms with Crippen molar-refractivity contribution < 1.29 is 22.8 Å². The van der Waals surface area contributed by atoms with Crippen LogP contribution in [-0.2, 0) is 13.2 Å². The molecule has 2 heterocycles. The number of aromatic nitrogens is 2. The minimum absolute atomic E-state index is 0.0825. The number of carbonyl (C=O) groups is 2. The Balaban J connectivity index is 1.54. The first-order chi connectivity index (χ1) is 13.1. The third-order valence-corrected chi connectivity index (χ3v) is 4.62. The maximum absolute atomic E-state index is 12.6. The zero-order valence-electron chi connectivity index (χ0n) is 15.2. The number of rotatable bonds is 4. The first-order valence-electron chi connectivity index (χ1n) is 8.66. The lowest BCUT2D eigenvalue weighted by Crippen LogP contribution is -2.50. The van der Waals surface area contributed by atoms with Crippen molar-refractivity contribution in [3.63, 3.8) is 0 Å². The molecule has 1 aromatic carbocycles. The summed E-state index contributed by atoms with van der Waals surface area (Å²) in [4.78, 5) is 28.3. The summed E-state index contributed by atoms with van der Waals surface area (Å²) in [5.74, 6) is -0.519. The number of piperazine rings is 1. The zero-order chi connectivity index (χ0) is 20.5. The Hall–Kier alpha value is -2.62. The van der Waals surface area contributed by atoms with Crippen molar-refractivity contribution in [3.8, 4) is 0 Å². The molecule has 0 bridgehead atoms. The summed E-state index contributed by atoms with van der Waals surface area (Å²) in [5.41, 5.74) is -0.0399. The fourth-order valence-electron chi connectivity index (χ4n) is 3.07. The second kappa shape index (κ2) is 7.79. The minimum atomic E-state index is -4.43. The lowest BCUT2D eigenvalue weighted by atomic mass is 9.96. The molecular formula is C18H18BF3N4O2. The highest BCUT2D eigenvalue weighted by Gasteiger charge is 2.30. The Morgan fingerprint density at radius 2 is 1.71 bits per heavy atom. The topological polar surface area (TPSA) is 58.4 Å². The van der Waals surface area contributed by atoms with E-state index < -0.39 is 11.7 Å². The van der Waals surface area contributed by atoms with Gasteiger partial charge in [0.2, 0.25) is 0 Å². The van der Waals surface area contributed by atoms with Gasteiger partial charge < -0.3 is 4.90 Å². The van der Waals surface area contributed by atoms with Gasteiger partial charge in [-0.25, -0.2) is 0 Å². The van der Waals surface area contributed by atoms with E-state index in [-0.39, 0.29) is 29.5 Å². The summed E-state index contributed by atoms with van der Waals surface area (Å²) in [6, 6.07) is 4.19. The number of amides is 1. The zero-order valence-corrected chi connectivity index (χ0v) is 15.2. The van der Waals surface area contributed by atoms with Crippen LogP contribution in [0.5, 0.6) is 0 Å². The first-order valence-corrected chi connectivity index (χ1v) is 8.66. The van der Waals surface area contributed by atoms with Gasteiger partial charge in [-0.05, 0) is 17.6 Å². The molecule has 1 aliphatic heterocycles. The van der Waals surface area contributed by atoms with Crippen LogP contribution in [0, 0.1) is 0 Å². The number of carbonyl (C=O) groups excluding carboxylic acids is 2. The Morgan fingerprint density at radius 1 is 1.11 bits per heavy atom. The van der Waals surface area contributed by atoms with Gasteiger partial charge in [0, 0.05) is 45.0 Å². The highest BCUT2D eigenvalue weighted by atomic mass is 19.4. The van der Waals surface area contributed by atoms with E-state index in [0.717, 1.165) is 12.1 Å². The van der Waals surface area contributed by atoms with E-state index in [1.54, 1.807) is 18.1 Å². The van der Waals surface area contributed by atoms with Crippen LogP contribution < -0.4 is 5.46 Å².